The van der Waals surface area contributed by atoms with Crippen molar-refractivity contribution in [3.63, 3.8) is 0 Å². The van der Waals surface area contributed by atoms with Crippen molar-refractivity contribution in [3.05, 3.63) is 0 Å². The molecule has 0 fully saturated rings. The molecule has 0 rings (SSSR count). The molecule has 0 aromatic heterocycles. The van der Waals surface area contributed by atoms with Crippen LogP contribution in [0, 0.1) is 0 Å². The number of carbonyl (C=O) groups excluding carboxylic acids is 1. The summed E-state index contributed by atoms with van der Waals surface area (Å²) in [5, 5.41) is 8.41. The summed E-state index contributed by atoms with van der Waals surface area (Å²) in [5.41, 5.74) is -3.43. The minimum Gasteiger partial charge on any atom is -0.478 e. The number of hydrogen-bond acceptors (Lipinski definition) is 3. The summed E-state index contributed by atoms with van der Waals surface area (Å²) in [4.78, 5) is 20.8. The van der Waals surface area contributed by atoms with Crippen molar-refractivity contribution in [2.75, 3.05) is 0 Å². The molecule has 1 atom stereocenters. The summed E-state index contributed by atoms with van der Waals surface area (Å²) in [7, 11) is 0. The van der Waals surface area contributed by atoms with Gasteiger partial charge in [0, 0.05) is 13.3 Å². The summed E-state index contributed by atoms with van der Waals surface area (Å²) in [6, 6.07) is 0. The maximum Gasteiger partial charge on any atom is 0.439 e. The van der Waals surface area contributed by atoms with Crippen molar-refractivity contribution < 1.29 is 32.6 Å². The molecule has 0 spiro atoms. The third kappa shape index (κ3) is 2.15. The molecule has 0 aromatic carbocycles. The second-order valence-electron chi connectivity index (χ2n) is 2.58. The van der Waals surface area contributed by atoms with E-state index in [1.807, 2.05) is 0 Å². The highest BCUT2D eigenvalue weighted by molar-refractivity contribution is 5.82. The Morgan fingerprint density at radius 3 is 1.86 bits per heavy atom. The molecular weight excluding hydrogens is 205 g/mol. The smallest absolute Gasteiger partial charge is 0.439 e. The summed E-state index contributed by atoms with van der Waals surface area (Å²) in [5.74, 6) is -3.51. The Morgan fingerprint density at radius 2 is 1.79 bits per heavy atom. The Bertz CT molecular complexity index is 248. The summed E-state index contributed by atoms with van der Waals surface area (Å²) in [6.07, 6.45) is -6.00. The van der Waals surface area contributed by atoms with E-state index in [0.29, 0.717) is 0 Å². The molecule has 0 saturated carbocycles. The van der Waals surface area contributed by atoms with E-state index in [0.717, 1.165) is 13.8 Å². The Labute approximate surface area is 77.7 Å². The summed E-state index contributed by atoms with van der Waals surface area (Å²) in [6.45, 7) is 1.70. The molecule has 0 heterocycles. The van der Waals surface area contributed by atoms with Crippen LogP contribution < -0.4 is 0 Å². The van der Waals surface area contributed by atoms with Crippen molar-refractivity contribution in [2.24, 2.45) is 0 Å². The van der Waals surface area contributed by atoms with E-state index in [1.54, 1.807) is 0 Å². The minimum absolute atomic E-state index is 0.721. The SMILES string of the molecule is CCC(OC(C)=O)(C(=O)O)C(F)(F)F. The fraction of sp³-hybridized carbons (Fsp3) is 0.714. The lowest BCUT2D eigenvalue weighted by atomic mass is 10.0. The Kier molecular flexibility index (Phi) is 3.50. The number of alkyl halides is 3. The van der Waals surface area contributed by atoms with E-state index in [4.69, 9.17) is 5.11 Å². The van der Waals surface area contributed by atoms with Gasteiger partial charge in [-0.05, 0) is 0 Å². The van der Waals surface area contributed by atoms with Crippen LogP contribution >= 0.6 is 0 Å². The number of carbonyl (C=O) groups is 2. The van der Waals surface area contributed by atoms with Crippen molar-refractivity contribution in [2.45, 2.75) is 32.0 Å². The van der Waals surface area contributed by atoms with Crippen LogP contribution in [-0.2, 0) is 14.3 Å². The molecule has 0 aliphatic carbocycles. The number of esters is 1. The van der Waals surface area contributed by atoms with Gasteiger partial charge in [0.05, 0.1) is 0 Å². The normalized spacial score (nSPS) is 15.8. The van der Waals surface area contributed by atoms with Crippen molar-refractivity contribution in [1.82, 2.24) is 0 Å². The first-order valence-corrected chi connectivity index (χ1v) is 3.67. The van der Waals surface area contributed by atoms with Gasteiger partial charge in [0.1, 0.15) is 0 Å². The van der Waals surface area contributed by atoms with E-state index >= 15 is 0 Å². The molecule has 0 amide bonds. The molecule has 0 aliphatic rings. The lowest BCUT2D eigenvalue weighted by molar-refractivity contribution is -0.269. The van der Waals surface area contributed by atoms with Crippen LogP contribution in [0.25, 0.3) is 0 Å². The average Bonchev–Trinajstić information content (AvgIpc) is 1.96. The van der Waals surface area contributed by atoms with E-state index in [1.165, 1.54) is 0 Å². The van der Waals surface area contributed by atoms with Gasteiger partial charge in [-0.15, -0.1) is 0 Å². The zero-order valence-electron chi connectivity index (χ0n) is 7.51. The highest BCUT2D eigenvalue weighted by Gasteiger charge is 2.63. The quantitative estimate of drug-likeness (QED) is 0.720. The van der Waals surface area contributed by atoms with Crippen LogP contribution in [0.1, 0.15) is 20.3 Å². The molecule has 7 heteroatoms. The molecule has 0 bridgehead atoms. The van der Waals surface area contributed by atoms with Crippen LogP contribution in [0.3, 0.4) is 0 Å². The summed E-state index contributed by atoms with van der Waals surface area (Å²) < 4.78 is 40.8. The number of aliphatic carboxylic acids is 1. The molecule has 4 nitrogen and oxygen atoms in total. The van der Waals surface area contributed by atoms with Gasteiger partial charge in [0.2, 0.25) is 0 Å². The fourth-order valence-electron chi connectivity index (χ4n) is 0.892. The molecule has 0 saturated heterocycles. The van der Waals surface area contributed by atoms with Crippen LogP contribution in [-0.4, -0.2) is 28.8 Å². The first-order chi connectivity index (χ1) is 6.17. The average molecular weight is 214 g/mol. The van der Waals surface area contributed by atoms with Gasteiger partial charge >= 0.3 is 23.7 Å². The van der Waals surface area contributed by atoms with Crippen LogP contribution in [0.5, 0.6) is 0 Å². The zero-order valence-corrected chi connectivity index (χ0v) is 7.51. The molecule has 82 valence electrons. The Morgan fingerprint density at radius 1 is 1.36 bits per heavy atom. The third-order valence-corrected chi connectivity index (χ3v) is 1.62. The Balaban J connectivity index is 5.20. The van der Waals surface area contributed by atoms with Gasteiger partial charge in [-0.25, -0.2) is 4.79 Å². The number of hydrogen-bond donors (Lipinski definition) is 1. The van der Waals surface area contributed by atoms with Gasteiger partial charge in [0.15, 0.2) is 0 Å². The highest BCUT2D eigenvalue weighted by atomic mass is 19.4. The number of rotatable bonds is 3. The Hall–Kier alpha value is -1.27. The second-order valence-corrected chi connectivity index (χ2v) is 2.58. The van der Waals surface area contributed by atoms with E-state index < -0.39 is 30.1 Å². The number of halogens is 3. The predicted molar refractivity (Wildman–Crippen MR) is 38.5 cm³/mol. The zero-order chi connectivity index (χ0) is 11.6. The molecule has 1 N–H and O–H groups in total. The lowest BCUT2D eigenvalue weighted by Gasteiger charge is -2.29. The maximum atomic E-state index is 12.3. The number of ether oxygens (including phenoxy) is 1. The van der Waals surface area contributed by atoms with Crippen molar-refractivity contribution >= 4 is 11.9 Å². The second kappa shape index (κ2) is 3.85. The minimum atomic E-state index is -5.13. The molecule has 0 aromatic rings. The number of carboxylic acid groups (broad SMARTS) is 1. The fourth-order valence-corrected chi connectivity index (χ4v) is 0.892. The molecule has 0 aliphatic heterocycles. The largest absolute Gasteiger partial charge is 0.478 e. The lowest BCUT2D eigenvalue weighted by Crippen LogP contribution is -2.54. The van der Waals surface area contributed by atoms with Gasteiger partial charge in [-0.1, -0.05) is 6.92 Å². The van der Waals surface area contributed by atoms with Crippen LogP contribution in [0.2, 0.25) is 0 Å². The van der Waals surface area contributed by atoms with E-state index in [9.17, 15) is 22.8 Å². The number of carboxylic acids is 1. The molecule has 0 radical (unpaired) electrons. The standard InChI is InChI=1S/C7H9F3O4/c1-3-6(5(12)13,7(8,9)10)14-4(2)11/h3H2,1-2H3,(H,12,13). The summed E-state index contributed by atoms with van der Waals surface area (Å²) >= 11 is 0. The van der Waals surface area contributed by atoms with Crippen LogP contribution in [0.4, 0.5) is 13.2 Å². The van der Waals surface area contributed by atoms with Crippen LogP contribution in [0.15, 0.2) is 0 Å². The first-order valence-electron chi connectivity index (χ1n) is 3.67. The van der Waals surface area contributed by atoms with Crippen molar-refractivity contribution in [3.8, 4) is 0 Å². The van der Waals surface area contributed by atoms with E-state index in [-0.39, 0.29) is 0 Å². The monoisotopic (exact) mass is 214 g/mol. The van der Waals surface area contributed by atoms with Gasteiger partial charge < -0.3 is 9.84 Å². The topological polar surface area (TPSA) is 63.6 Å². The van der Waals surface area contributed by atoms with Gasteiger partial charge in [0.25, 0.3) is 0 Å². The molecule has 14 heavy (non-hydrogen) atoms. The predicted octanol–water partition coefficient (Wildman–Crippen LogP) is 1.35. The van der Waals surface area contributed by atoms with Crippen molar-refractivity contribution in [1.29, 1.82) is 0 Å². The van der Waals surface area contributed by atoms with Gasteiger partial charge in [-0.3, -0.25) is 4.79 Å². The maximum absolute atomic E-state index is 12.3. The molecule has 1 unspecified atom stereocenters. The third-order valence-electron chi connectivity index (χ3n) is 1.62. The highest BCUT2D eigenvalue weighted by Crippen LogP contribution is 2.36. The first kappa shape index (κ1) is 12.7. The van der Waals surface area contributed by atoms with Gasteiger partial charge in [-0.2, -0.15) is 13.2 Å². The molecular formula is C7H9F3O4. The van der Waals surface area contributed by atoms with E-state index in [2.05, 4.69) is 4.74 Å².